The van der Waals surface area contributed by atoms with Crippen LogP contribution < -0.4 is 5.32 Å². The predicted octanol–water partition coefficient (Wildman–Crippen LogP) is 3.54. The quantitative estimate of drug-likeness (QED) is 0.881. The van der Waals surface area contributed by atoms with Crippen LogP contribution in [-0.4, -0.2) is 10.9 Å². The summed E-state index contributed by atoms with van der Waals surface area (Å²) < 4.78 is 0. The highest BCUT2D eigenvalue weighted by Gasteiger charge is 2.08. The third kappa shape index (κ3) is 2.96. The molecule has 92 valence electrons. The molecule has 0 bridgehead atoms. The fourth-order valence-corrected chi connectivity index (χ4v) is 1.94. The van der Waals surface area contributed by atoms with Gasteiger partial charge in [0.05, 0.1) is 0 Å². The number of benzene rings is 1. The van der Waals surface area contributed by atoms with Crippen molar-refractivity contribution in [3.8, 4) is 0 Å². The number of carbonyl (C=O) groups excluding carboxylic acids is 1. The Morgan fingerprint density at radius 2 is 2.17 bits per heavy atom. The molecule has 1 heterocycles. The SMILES string of the molecule is Cc1cccnc1NC(=O)c1cccc(CBr)c1. The molecule has 3 nitrogen and oxygen atoms in total. The van der Waals surface area contributed by atoms with Crippen molar-refractivity contribution in [2.24, 2.45) is 0 Å². The average Bonchev–Trinajstić information content (AvgIpc) is 2.41. The number of amides is 1. The van der Waals surface area contributed by atoms with E-state index in [0.29, 0.717) is 11.4 Å². The zero-order valence-electron chi connectivity index (χ0n) is 9.98. The van der Waals surface area contributed by atoms with Crippen molar-refractivity contribution in [2.75, 3.05) is 5.32 Å². The summed E-state index contributed by atoms with van der Waals surface area (Å²) in [6.45, 7) is 1.91. The van der Waals surface area contributed by atoms with E-state index in [4.69, 9.17) is 0 Å². The maximum atomic E-state index is 12.1. The van der Waals surface area contributed by atoms with Gasteiger partial charge in [0, 0.05) is 17.1 Å². The lowest BCUT2D eigenvalue weighted by Crippen LogP contribution is -2.14. The number of nitrogens with zero attached hydrogens (tertiary/aromatic N) is 1. The Labute approximate surface area is 114 Å². The van der Waals surface area contributed by atoms with Crippen molar-refractivity contribution in [1.82, 2.24) is 4.98 Å². The molecule has 0 unspecified atom stereocenters. The molecule has 0 atom stereocenters. The summed E-state index contributed by atoms with van der Waals surface area (Å²) in [4.78, 5) is 16.2. The van der Waals surface area contributed by atoms with Gasteiger partial charge < -0.3 is 5.32 Å². The molecule has 1 N–H and O–H groups in total. The number of carbonyl (C=O) groups is 1. The maximum Gasteiger partial charge on any atom is 0.256 e. The Balaban J connectivity index is 2.19. The number of hydrogen-bond acceptors (Lipinski definition) is 2. The number of nitrogens with one attached hydrogen (secondary N) is 1. The summed E-state index contributed by atoms with van der Waals surface area (Å²) in [5.41, 5.74) is 2.65. The second-order valence-electron chi connectivity index (χ2n) is 3.96. The van der Waals surface area contributed by atoms with E-state index in [1.54, 1.807) is 12.3 Å². The molecule has 0 fully saturated rings. The van der Waals surface area contributed by atoms with Crippen molar-refractivity contribution in [3.63, 3.8) is 0 Å². The number of hydrogen-bond donors (Lipinski definition) is 1. The smallest absolute Gasteiger partial charge is 0.256 e. The molecule has 0 aliphatic heterocycles. The fourth-order valence-electron chi connectivity index (χ4n) is 1.59. The summed E-state index contributed by atoms with van der Waals surface area (Å²) in [7, 11) is 0. The van der Waals surface area contributed by atoms with Crippen molar-refractivity contribution in [1.29, 1.82) is 0 Å². The van der Waals surface area contributed by atoms with Gasteiger partial charge in [0.15, 0.2) is 0 Å². The third-order valence-corrected chi connectivity index (χ3v) is 3.23. The first-order valence-electron chi connectivity index (χ1n) is 5.58. The van der Waals surface area contributed by atoms with Gasteiger partial charge in [0.1, 0.15) is 5.82 Å². The average molecular weight is 305 g/mol. The number of anilines is 1. The van der Waals surface area contributed by atoms with E-state index in [1.807, 2.05) is 37.3 Å². The maximum absolute atomic E-state index is 12.1. The van der Waals surface area contributed by atoms with E-state index in [0.717, 1.165) is 16.5 Å². The lowest BCUT2D eigenvalue weighted by molar-refractivity contribution is 0.102. The van der Waals surface area contributed by atoms with Crippen molar-refractivity contribution < 1.29 is 4.79 Å². The second-order valence-corrected chi connectivity index (χ2v) is 4.52. The van der Waals surface area contributed by atoms with Gasteiger partial charge in [-0.15, -0.1) is 0 Å². The number of aromatic nitrogens is 1. The van der Waals surface area contributed by atoms with E-state index in [1.165, 1.54) is 0 Å². The summed E-state index contributed by atoms with van der Waals surface area (Å²) >= 11 is 3.38. The van der Waals surface area contributed by atoms with Crippen LogP contribution in [0.25, 0.3) is 0 Å². The summed E-state index contributed by atoms with van der Waals surface area (Å²) in [6.07, 6.45) is 1.66. The minimum Gasteiger partial charge on any atom is -0.306 e. The lowest BCUT2D eigenvalue weighted by atomic mass is 10.1. The van der Waals surface area contributed by atoms with E-state index >= 15 is 0 Å². The van der Waals surface area contributed by atoms with Crippen LogP contribution in [0.1, 0.15) is 21.5 Å². The first-order valence-corrected chi connectivity index (χ1v) is 6.70. The van der Waals surface area contributed by atoms with Gasteiger partial charge in [0.25, 0.3) is 5.91 Å². The van der Waals surface area contributed by atoms with E-state index < -0.39 is 0 Å². The first kappa shape index (κ1) is 12.8. The Morgan fingerprint density at radius 1 is 1.33 bits per heavy atom. The molecule has 18 heavy (non-hydrogen) atoms. The molecule has 4 heteroatoms. The number of pyridine rings is 1. The summed E-state index contributed by atoms with van der Waals surface area (Å²) in [5.74, 6) is 0.464. The molecule has 0 aliphatic rings. The highest BCUT2D eigenvalue weighted by atomic mass is 79.9. The number of halogens is 1. The lowest BCUT2D eigenvalue weighted by Gasteiger charge is -2.07. The third-order valence-electron chi connectivity index (χ3n) is 2.58. The van der Waals surface area contributed by atoms with E-state index in [9.17, 15) is 4.79 Å². The van der Waals surface area contributed by atoms with Crippen LogP contribution in [0.2, 0.25) is 0 Å². The molecular formula is C14H13BrN2O. The van der Waals surface area contributed by atoms with E-state index in [2.05, 4.69) is 26.2 Å². The van der Waals surface area contributed by atoms with Crippen LogP contribution in [0, 0.1) is 6.92 Å². The number of rotatable bonds is 3. The standard InChI is InChI=1S/C14H13BrN2O/c1-10-4-3-7-16-13(10)17-14(18)12-6-2-5-11(8-12)9-15/h2-8H,9H2,1H3,(H,16,17,18). The summed E-state index contributed by atoms with van der Waals surface area (Å²) in [6, 6.07) is 11.3. The zero-order chi connectivity index (χ0) is 13.0. The molecule has 0 saturated carbocycles. The van der Waals surface area contributed by atoms with E-state index in [-0.39, 0.29) is 5.91 Å². The van der Waals surface area contributed by atoms with Crippen LogP contribution in [0.4, 0.5) is 5.82 Å². The van der Waals surface area contributed by atoms with Crippen LogP contribution in [0.5, 0.6) is 0 Å². The minimum atomic E-state index is -0.139. The van der Waals surface area contributed by atoms with Gasteiger partial charge in [-0.2, -0.15) is 0 Å². The highest BCUT2D eigenvalue weighted by molar-refractivity contribution is 9.08. The largest absolute Gasteiger partial charge is 0.306 e. The van der Waals surface area contributed by atoms with Gasteiger partial charge in [-0.05, 0) is 36.2 Å². The van der Waals surface area contributed by atoms with Gasteiger partial charge >= 0.3 is 0 Å². The monoisotopic (exact) mass is 304 g/mol. The minimum absolute atomic E-state index is 0.139. The van der Waals surface area contributed by atoms with Crippen molar-refractivity contribution in [3.05, 3.63) is 59.3 Å². The predicted molar refractivity (Wildman–Crippen MR) is 76.0 cm³/mol. The normalized spacial score (nSPS) is 10.1. The number of alkyl halides is 1. The molecule has 1 aromatic carbocycles. The number of aryl methyl sites for hydroxylation is 1. The molecule has 0 saturated heterocycles. The molecular weight excluding hydrogens is 292 g/mol. The Morgan fingerprint density at radius 3 is 2.89 bits per heavy atom. The highest BCUT2D eigenvalue weighted by Crippen LogP contribution is 2.13. The van der Waals surface area contributed by atoms with Gasteiger partial charge in [-0.25, -0.2) is 4.98 Å². The molecule has 0 spiro atoms. The Kier molecular flexibility index (Phi) is 4.10. The topological polar surface area (TPSA) is 42.0 Å². The van der Waals surface area contributed by atoms with Crippen LogP contribution in [-0.2, 0) is 5.33 Å². The van der Waals surface area contributed by atoms with Gasteiger partial charge in [-0.1, -0.05) is 34.1 Å². The fraction of sp³-hybridized carbons (Fsp3) is 0.143. The molecule has 2 aromatic rings. The molecule has 1 aromatic heterocycles. The van der Waals surface area contributed by atoms with Crippen LogP contribution in [0.15, 0.2) is 42.6 Å². The zero-order valence-corrected chi connectivity index (χ0v) is 11.6. The summed E-state index contributed by atoms with van der Waals surface area (Å²) in [5, 5.41) is 3.55. The molecule has 0 aliphatic carbocycles. The van der Waals surface area contributed by atoms with Crippen molar-refractivity contribution >= 4 is 27.7 Å². The molecule has 1 amide bonds. The first-order chi connectivity index (χ1) is 8.70. The second kappa shape index (κ2) is 5.78. The van der Waals surface area contributed by atoms with Gasteiger partial charge in [-0.3, -0.25) is 4.79 Å². The van der Waals surface area contributed by atoms with Gasteiger partial charge in [0.2, 0.25) is 0 Å². The Bertz CT molecular complexity index is 569. The van der Waals surface area contributed by atoms with Crippen LogP contribution >= 0.6 is 15.9 Å². The van der Waals surface area contributed by atoms with Crippen molar-refractivity contribution in [2.45, 2.75) is 12.3 Å². The molecule has 2 rings (SSSR count). The Hall–Kier alpha value is -1.68. The van der Waals surface area contributed by atoms with Crippen LogP contribution in [0.3, 0.4) is 0 Å². The molecule has 0 radical (unpaired) electrons.